The lowest BCUT2D eigenvalue weighted by Gasteiger charge is -2.26. The van der Waals surface area contributed by atoms with E-state index < -0.39 is 35.9 Å². The number of primary amides is 1. The number of hydrogen-bond acceptors (Lipinski definition) is 4. The monoisotopic (exact) mass is 399 g/mol. The Balaban J connectivity index is 2.02. The van der Waals surface area contributed by atoms with Gasteiger partial charge in [-0.05, 0) is 29.8 Å². The summed E-state index contributed by atoms with van der Waals surface area (Å²) in [6.45, 7) is -0.149. The third kappa shape index (κ3) is 3.97. The fraction of sp³-hybridized carbons (Fsp3) is 0.235. The summed E-state index contributed by atoms with van der Waals surface area (Å²) in [5.41, 5.74) is 4.98. The number of halogens is 4. The molecule has 1 fully saturated rings. The standard InChI is InChI=1S/C17H13ClF3N3O3/c18-11-4-1-9(2-5-11)14(24-8-13(15(22)25)27-16(24)26)12-6-3-10(7-23-12)17(19,20)21/h1-7,13-14H,8H2,(H2,22,25)/t13?,14-/m1/s1. The van der Waals surface area contributed by atoms with E-state index in [-0.39, 0.29) is 12.2 Å². The molecule has 0 bridgehead atoms. The smallest absolute Gasteiger partial charge is 0.417 e. The van der Waals surface area contributed by atoms with E-state index in [1.54, 1.807) is 24.3 Å². The predicted octanol–water partition coefficient (Wildman–Crippen LogP) is 3.15. The van der Waals surface area contributed by atoms with Gasteiger partial charge >= 0.3 is 12.3 Å². The summed E-state index contributed by atoms with van der Waals surface area (Å²) in [4.78, 5) is 28.6. The van der Waals surface area contributed by atoms with Crippen molar-refractivity contribution in [3.63, 3.8) is 0 Å². The van der Waals surface area contributed by atoms with Gasteiger partial charge in [-0.2, -0.15) is 13.2 Å². The second kappa shape index (κ2) is 7.07. The van der Waals surface area contributed by atoms with Gasteiger partial charge in [0.05, 0.1) is 17.8 Å². The molecule has 10 heteroatoms. The highest BCUT2D eigenvalue weighted by Crippen LogP contribution is 2.34. The Bertz CT molecular complexity index is 856. The van der Waals surface area contributed by atoms with Gasteiger partial charge in [0.25, 0.3) is 5.91 Å². The number of pyridine rings is 1. The molecule has 1 saturated heterocycles. The summed E-state index contributed by atoms with van der Waals surface area (Å²) in [5, 5.41) is 0.442. The molecular formula is C17H13ClF3N3O3. The van der Waals surface area contributed by atoms with Crippen LogP contribution in [0.3, 0.4) is 0 Å². The third-order valence-electron chi connectivity index (χ3n) is 4.05. The van der Waals surface area contributed by atoms with Gasteiger partial charge in [0.15, 0.2) is 6.10 Å². The van der Waals surface area contributed by atoms with Crippen LogP contribution in [0.5, 0.6) is 0 Å². The molecule has 6 nitrogen and oxygen atoms in total. The van der Waals surface area contributed by atoms with E-state index in [9.17, 15) is 22.8 Å². The summed E-state index contributed by atoms with van der Waals surface area (Å²) >= 11 is 5.88. The minimum atomic E-state index is -4.54. The van der Waals surface area contributed by atoms with Gasteiger partial charge in [0, 0.05) is 11.2 Å². The predicted molar refractivity (Wildman–Crippen MR) is 88.7 cm³/mol. The number of rotatable bonds is 4. The molecule has 1 aliphatic heterocycles. The number of carbonyl (C=O) groups excluding carboxylic acids is 2. The van der Waals surface area contributed by atoms with Crippen molar-refractivity contribution >= 4 is 23.6 Å². The number of alkyl halides is 3. The Morgan fingerprint density at radius 3 is 2.41 bits per heavy atom. The summed E-state index contributed by atoms with van der Waals surface area (Å²) in [6.07, 6.45) is -5.82. The first-order valence-corrected chi connectivity index (χ1v) is 8.10. The average molecular weight is 400 g/mol. The minimum Gasteiger partial charge on any atom is -0.434 e. The molecule has 0 spiro atoms. The van der Waals surface area contributed by atoms with E-state index in [0.29, 0.717) is 16.8 Å². The molecule has 1 unspecified atom stereocenters. The quantitative estimate of drug-likeness (QED) is 0.855. The van der Waals surface area contributed by atoms with Crippen molar-refractivity contribution in [1.29, 1.82) is 0 Å². The maximum atomic E-state index is 12.8. The van der Waals surface area contributed by atoms with Crippen molar-refractivity contribution in [2.75, 3.05) is 6.54 Å². The minimum absolute atomic E-state index is 0.149. The van der Waals surface area contributed by atoms with Gasteiger partial charge in [-0.1, -0.05) is 23.7 Å². The maximum absolute atomic E-state index is 12.8. The Labute approximate surface area is 156 Å². The van der Waals surface area contributed by atoms with Gasteiger partial charge in [0.1, 0.15) is 6.04 Å². The van der Waals surface area contributed by atoms with Crippen LogP contribution in [-0.4, -0.2) is 34.5 Å². The molecule has 2 atom stereocenters. The second-order valence-corrected chi connectivity index (χ2v) is 6.29. The Kier molecular flexibility index (Phi) is 4.97. The fourth-order valence-electron chi connectivity index (χ4n) is 2.73. The molecule has 0 radical (unpaired) electrons. The number of carbonyl (C=O) groups is 2. The first kappa shape index (κ1) is 19.0. The normalized spacial score (nSPS) is 18.3. The van der Waals surface area contributed by atoms with Crippen molar-refractivity contribution in [3.8, 4) is 0 Å². The molecule has 0 saturated carbocycles. The fourth-order valence-corrected chi connectivity index (χ4v) is 2.85. The Morgan fingerprint density at radius 2 is 1.93 bits per heavy atom. The van der Waals surface area contributed by atoms with E-state index in [1.165, 1.54) is 11.0 Å². The van der Waals surface area contributed by atoms with Crippen molar-refractivity contribution in [2.45, 2.75) is 18.3 Å². The highest BCUT2D eigenvalue weighted by Gasteiger charge is 2.41. The zero-order valence-corrected chi connectivity index (χ0v) is 14.4. The van der Waals surface area contributed by atoms with Crippen LogP contribution in [0.4, 0.5) is 18.0 Å². The van der Waals surface area contributed by atoms with Crippen LogP contribution in [0.25, 0.3) is 0 Å². The first-order chi connectivity index (χ1) is 12.7. The topological polar surface area (TPSA) is 85.5 Å². The van der Waals surface area contributed by atoms with Crippen LogP contribution in [0.15, 0.2) is 42.6 Å². The van der Waals surface area contributed by atoms with Crippen molar-refractivity contribution < 1.29 is 27.5 Å². The van der Waals surface area contributed by atoms with E-state index in [4.69, 9.17) is 22.1 Å². The number of nitrogens with zero attached hydrogens (tertiary/aromatic N) is 2. The molecule has 27 heavy (non-hydrogen) atoms. The van der Waals surface area contributed by atoms with E-state index in [0.717, 1.165) is 6.07 Å². The van der Waals surface area contributed by atoms with Crippen LogP contribution in [-0.2, 0) is 15.7 Å². The van der Waals surface area contributed by atoms with Crippen LogP contribution >= 0.6 is 11.6 Å². The molecule has 2 amide bonds. The second-order valence-electron chi connectivity index (χ2n) is 5.85. The molecule has 1 aromatic heterocycles. The number of hydrogen-bond donors (Lipinski definition) is 1. The highest BCUT2D eigenvalue weighted by molar-refractivity contribution is 6.30. The molecule has 3 rings (SSSR count). The number of ether oxygens (including phenoxy) is 1. The summed E-state index contributed by atoms with van der Waals surface area (Å²) in [5.74, 6) is -0.818. The third-order valence-corrected chi connectivity index (χ3v) is 4.30. The van der Waals surface area contributed by atoms with Crippen LogP contribution in [0.2, 0.25) is 5.02 Å². The Hall–Kier alpha value is -2.81. The van der Waals surface area contributed by atoms with Crippen molar-refractivity contribution in [2.24, 2.45) is 5.73 Å². The molecule has 2 N–H and O–H groups in total. The van der Waals surface area contributed by atoms with Gasteiger partial charge in [-0.25, -0.2) is 4.79 Å². The first-order valence-electron chi connectivity index (χ1n) is 7.72. The number of cyclic esters (lactones) is 1. The molecule has 2 heterocycles. The van der Waals surface area contributed by atoms with Crippen molar-refractivity contribution in [1.82, 2.24) is 9.88 Å². The summed E-state index contributed by atoms with van der Waals surface area (Å²) in [7, 11) is 0. The van der Waals surface area contributed by atoms with Gasteiger partial charge < -0.3 is 10.5 Å². The van der Waals surface area contributed by atoms with Crippen LogP contribution < -0.4 is 5.73 Å². The number of aromatic nitrogens is 1. The zero-order chi connectivity index (χ0) is 19.8. The van der Waals surface area contributed by atoms with E-state index >= 15 is 0 Å². The molecule has 142 valence electrons. The molecule has 1 aliphatic rings. The lowest BCUT2D eigenvalue weighted by atomic mass is 10.0. The number of benzene rings is 1. The number of amides is 2. The lowest BCUT2D eigenvalue weighted by molar-refractivity contribution is -0.137. The van der Waals surface area contributed by atoms with Gasteiger partial charge in [-0.15, -0.1) is 0 Å². The van der Waals surface area contributed by atoms with Gasteiger partial charge in [0.2, 0.25) is 0 Å². The molecule has 0 aliphatic carbocycles. The molecule has 1 aromatic carbocycles. The molecule has 2 aromatic rings. The Morgan fingerprint density at radius 1 is 1.26 bits per heavy atom. The van der Waals surface area contributed by atoms with Gasteiger partial charge in [-0.3, -0.25) is 14.7 Å². The molecular weight excluding hydrogens is 387 g/mol. The van der Waals surface area contributed by atoms with Crippen molar-refractivity contribution in [3.05, 3.63) is 64.4 Å². The summed E-state index contributed by atoms with van der Waals surface area (Å²) < 4.78 is 43.3. The average Bonchev–Trinajstić information content (AvgIpc) is 2.99. The maximum Gasteiger partial charge on any atom is 0.417 e. The largest absolute Gasteiger partial charge is 0.434 e. The SMILES string of the molecule is NC(=O)C1CN([C@H](c2ccc(Cl)cc2)c2ccc(C(F)(F)F)cn2)C(=O)O1. The highest BCUT2D eigenvalue weighted by atomic mass is 35.5. The van der Waals surface area contributed by atoms with E-state index in [1.807, 2.05) is 0 Å². The van der Waals surface area contributed by atoms with Crippen LogP contribution in [0.1, 0.15) is 22.9 Å². The zero-order valence-electron chi connectivity index (χ0n) is 13.6. The number of nitrogens with two attached hydrogens (primary N) is 1. The van der Waals surface area contributed by atoms with E-state index in [2.05, 4.69) is 4.98 Å². The summed E-state index contributed by atoms with van der Waals surface area (Å²) in [6, 6.07) is 7.53. The van der Waals surface area contributed by atoms with Crippen LogP contribution in [0, 0.1) is 0 Å². The lowest BCUT2D eigenvalue weighted by Crippen LogP contribution is -2.35.